The molecule has 2 aromatic rings. The van der Waals surface area contributed by atoms with Crippen LogP contribution < -0.4 is 5.73 Å². The summed E-state index contributed by atoms with van der Waals surface area (Å²) in [6.07, 6.45) is 1.84. The third-order valence-corrected chi connectivity index (χ3v) is 3.28. The van der Waals surface area contributed by atoms with Gasteiger partial charge in [0, 0.05) is 11.3 Å². The first-order valence-electron chi connectivity index (χ1n) is 6.55. The summed E-state index contributed by atoms with van der Waals surface area (Å²) in [5.74, 6) is -0.394. The van der Waals surface area contributed by atoms with Gasteiger partial charge in [0.15, 0.2) is 0 Å². The van der Waals surface area contributed by atoms with Crippen molar-refractivity contribution >= 4 is 5.91 Å². The van der Waals surface area contributed by atoms with E-state index in [0.717, 1.165) is 29.8 Å². The van der Waals surface area contributed by atoms with Gasteiger partial charge in [0.2, 0.25) is 5.91 Å². The van der Waals surface area contributed by atoms with Gasteiger partial charge in [0.1, 0.15) is 0 Å². The second-order valence-electron chi connectivity index (χ2n) is 4.61. The molecule has 1 aromatic carbocycles. The largest absolute Gasteiger partial charge is 0.366 e. The van der Waals surface area contributed by atoms with Crippen LogP contribution >= 0.6 is 0 Å². The SMILES string of the molecule is CCc1cc(CC)n(-c2ccc(C(N)=O)c(C)c2)n1. The highest BCUT2D eigenvalue weighted by Crippen LogP contribution is 2.17. The van der Waals surface area contributed by atoms with Gasteiger partial charge < -0.3 is 5.73 Å². The Morgan fingerprint density at radius 2 is 2.00 bits per heavy atom. The monoisotopic (exact) mass is 257 g/mol. The van der Waals surface area contributed by atoms with Gasteiger partial charge in [0.05, 0.1) is 11.4 Å². The number of nitrogens with zero attached hydrogens (tertiary/aromatic N) is 2. The molecule has 0 aliphatic heterocycles. The lowest BCUT2D eigenvalue weighted by molar-refractivity contribution is 0.0999. The molecule has 19 heavy (non-hydrogen) atoms. The zero-order valence-electron chi connectivity index (χ0n) is 11.6. The van der Waals surface area contributed by atoms with E-state index in [-0.39, 0.29) is 0 Å². The van der Waals surface area contributed by atoms with E-state index in [0.29, 0.717) is 5.56 Å². The fourth-order valence-electron chi connectivity index (χ4n) is 2.18. The average molecular weight is 257 g/mol. The Bertz CT molecular complexity index is 614. The van der Waals surface area contributed by atoms with Gasteiger partial charge in [-0.05, 0) is 49.6 Å². The summed E-state index contributed by atoms with van der Waals surface area (Å²) in [5.41, 5.74) is 9.98. The maximum Gasteiger partial charge on any atom is 0.248 e. The van der Waals surface area contributed by atoms with Gasteiger partial charge in [-0.15, -0.1) is 0 Å². The van der Waals surface area contributed by atoms with E-state index in [4.69, 9.17) is 5.73 Å². The van der Waals surface area contributed by atoms with Gasteiger partial charge >= 0.3 is 0 Å². The molecular weight excluding hydrogens is 238 g/mol. The van der Waals surface area contributed by atoms with Crippen molar-refractivity contribution in [3.63, 3.8) is 0 Å². The van der Waals surface area contributed by atoms with Crippen molar-refractivity contribution in [2.75, 3.05) is 0 Å². The molecular formula is C15H19N3O. The number of benzene rings is 1. The first-order chi connectivity index (χ1) is 9.06. The minimum absolute atomic E-state index is 0.394. The summed E-state index contributed by atoms with van der Waals surface area (Å²) >= 11 is 0. The average Bonchev–Trinajstić information content (AvgIpc) is 2.81. The van der Waals surface area contributed by atoms with Crippen molar-refractivity contribution in [2.45, 2.75) is 33.6 Å². The molecule has 0 saturated heterocycles. The van der Waals surface area contributed by atoms with Crippen molar-refractivity contribution in [2.24, 2.45) is 5.73 Å². The molecule has 0 aliphatic carbocycles. The van der Waals surface area contributed by atoms with Crippen molar-refractivity contribution in [1.82, 2.24) is 9.78 Å². The molecule has 2 N–H and O–H groups in total. The second-order valence-corrected chi connectivity index (χ2v) is 4.61. The maximum atomic E-state index is 11.2. The molecule has 0 atom stereocenters. The summed E-state index contributed by atoms with van der Waals surface area (Å²) in [6.45, 7) is 6.09. The molecule has 0 unspecified atom stereocenters. The summed E-state index contributed by atoms with van der Waals surface area (Å²) in [6, 6.07) is 7.72. The maximum absolute atomic E-state index is 11.2. The first kappa shape index (κ1) is 13.3. The summed E-state index contributed by atoms with van der Waals surface area (Å²) in [4.78, 5) is 11.2. The van der Waals surface area contributed by atoms with Crippen LogP contribution in [0, 0.1) is 6.92 Å². The van der Waals surface area contributed by atoms with Crippen LogP contribution in [0.5, 0.6) is 0 Å². The van der Waals surface area contributed by atoms with Crippen molar-refractivity contribution in [3.8, 4) is 5.69 Å². The molecule has 4 nitrogen and oxygen atoms in total. The number of nitrogens with two attached hydrogens (primary N) is 1. The van der Waals surface area contributed by atoms with Crippen molar-refractivity contribution < 1.29 is 4.79 Å². The molecule has 0 saturated carbocycles. The fourth-order valence-corrected chi connectivity index (χ4v) is 2.18. The standard InChI is InChI=1S/C15H19N3O/c1-4-11-9-12(5-2)18(17-11)13-6-7-14(15(16)19)10(3)8-13/h6-9H,4-5H2,1-3H3,(H2,16,19). The molecule has 2 rings (SSSR count). The molecule has 1 amide bonds. The molecule has 100 valence electrons. The normalized spacial score (nSPS) is 10.7. The smallest absolute Gasteiger partial charge is 0.248 e. The number of amides is 1. The minimum atomic E-state index is -0.394. The summed E-state index contributed by atoms with van der Waals surface area (Å²) < 4.78 is 1.94. The van der Waals surface area contributed by atoms with Crippen LogP contribution in [-0.2, 0) is 12.8 Å². The predicted octanol–water partition coefficient (Wildman–Crippen LogP) is 2.40. The highest BCUT2D eigenvalue weighted by molar-refractivity contribution is 5.94. The number of rotatable bonds is 4. The molecule has 0 radical (unpaired) electrons. The molecule has 1 heterocycles. The van der Waals surface area contributed by atoms with E-state index in [9.17, 15) is 4.79 Å². The lowest BCUT2D eigenvalue weighted by Gasteiger charge is -2.09. The first-order valence-corrected chi connectivity index (χ1v) is 6.55. The number of hydrogen-bond donors (Lipinski definition) is 1. The van der Waals surface area contributed by atoms with Crippen LogP contribution in [0.1, 0.15) is 41.2 Å². The van der Waals surface area contributed by atoms with Crippen molar-refractivity contribution in [1.29, 1.82) is 0 Å². The number of aromatic nitrogens is 2. The number of aryl methyl sites for hydroxylation is 3. The van der Waals surface area contributed by atoms with E-state index in [1.807, 2.05) is 23.7 Å². The number of carbonyl (C=O) groups excluding carboxylic acids is 1. The highest BCUT2D eigenvalue weighted by Gasteiger charge is 2.10. The molecule has 0 fully saturated rings. The Morgan fingerprint density at radius 1 is 1.26 bits per heavy atom. The third kappa shape index (κ3) is 2.52. The van der Waals surface area contributed by atoms with E-state index >= 15 is 0 Å². The van der Waals surface area contributed by atoms with E-state index in [2.05, 4.69) is 25.0 Å². The fraction of sp³-hybridized carbons (Fsp3) is 0.333. The Morgan fingerprint density at radius 3 is 2.53 bits per heavy atom. The van der Waals surface area contributed by atoms with Gasteiger partial charge in [0.25, 0.3) is 0 Å². The van der Waals surface area contributed by atoms with Gasteiger partial charge in [-0.2, -0.15) is 5.10 Å². The third-order valence-electron chi connectivity index (χ3n) is 3.28. The number of hydrogen-bond acceptors (Lipinski definition) is 2. The van der Waals surface area contributed by atoms with Gasteiger partial charge in [-0.3, -0.25) is 4.79 Å². The van der Waals surface area contributed by atoms with Gasteiger partial charge in [-0.1, -0.05) is 13.8 Å². The van der Waals surface area contributed by atoms with E-state index < -0.39 is 5.91 Å². The minimum Gasteiger partial charge on any atom is -0.366 e. The van der Waals surface area contributed by atoms with Crippen LogP contribution in [0.25, 0.3) is 5.69 Å². The summed E-state index contributed by atoms with van der Waals surface area (Å²) in [5, 5.41) is 4.59. The van der Waals surface area contributed by atoms with Gasteiger partial charge in [-0.25, -0.2) is 4.68 Å². The number of carbonyl (C=O) groups is 1. The number of primary amides is 1. The zero-order valence-corrected chi connectivity index (χ0v) is 11.6. The van der Waals surface area contributed by atoms with Crippen LogP contribution in [-0.4, -0.2) is 15.7 Å². The van der Waals surface area contributed by atoms with Crippen LogP contribution in [0.4, 0.5) is 0 Å². The van der Waals surface area contributed by atoms with Crippen LogP contribution in [0.15, 0.2) is 24.3 Å². The Labute approximate surface area is 113 Å². The highest BCUT2D eigenvalue weighted by atomic mass is 16.1. The lowest BCUT2D eigenvalue weighted by atomic mass is 10.1. The molecule has 0 spiro atoms. The summed E-state index contributed by atoms with van der Waals surface area (Å²) in [7, 11) is 0. The predicted molar refractivity (Wildman–Crippen MR) is 75.6 cm³/mol. The molecule has 1 aromatic heterocycles. The topological polar surface area (TPSA) is 60.9 Å². The molecule has 0 aliphatic rings. The van der Waals surface area contributed by atoms with E-state index in [1.165, 1.54) is 5.69 Å². The Hall–Kier alpha value is -2.10. The molecule has 4 heteroatoms. The Balaban J connectivity index is 2.50. The zero-order chi connectivity index (χ0) is 14.0. The quantitative estimate of drug-likeness (QED) is 0.914. The second kappa shape index (κ2) is 5.26. The lowest BCUT2D eigenvalue weighted by Crippen LogP contribution is -2.13. The Kier molecular flexibility index (Phi) is 3.69. The van der Waals surface area contributed by atoms with Crippen molar-refractivity contribution in [3.05, 3.63) is 46.8 Å². The van der Waals surface area contributed by atoms with Crippen LogP contribution in [0.3, 0.4) is 0 Å². The van der Waals surface area contributed by atoms with Crippen LogP contribution in [0.2, 0.25) is 0 Å². The molecule has 0 bridgehead atoms. The van der Waals surface area contributed by atoms with E-state index in [1.54, 1.807) is 6.07 Å².